The van der Waals surface area contributed by atoms with Crippen molar-refractivity contribution in [1.29, 1.82) is 0 Å². The van der Waals surface area contributed by atoms with Crippen LogP contribution >= 0.6 is 11.6 Å². The fourth-order valence-electron chi connectivity index (χ4n) is 2.85. The summed E-state index contributed by atoms with van der Waals surface area (Å²) in [6.07, 6.45) is 0.498. The van der Waals surface area contributed by atoms with Gasteiger partial charge in [-0.25, -0.2) is 4.79 Å². The third kappa shape index (κ3) is 3.42. The van der Waals surface area contributed by atoms with E-state index in [0.29, 0.717) is 28.6 Å². The Morgan fingerprint density at radius 2 is 1.72 bits per heavy atom. The van der Waals surface area contributed by atoms with Gasteiger partial charge in [0, 0.05) is 28.4 Å². The smallest absolute Gasteiger partial charge is 0.354 e. The fourth-order valence-corrected chi connectivity index (χ4v) is 3.02. The Labute approximate surface area is 150 Å². The number of esters is 1. The van der Waals surface area contributed by atoms with Crippen LogP contribution in [0.15, 0.2) is 36.4 Å². The Bertz CT molecular complexity index is 910. The first kappa shape index (κ1) is 17.2. The van der Waals surface area contributed by atoms with E-state index in [1.165, 1.54) is 7.11 Å². The van der Waals surface area contributed by atoms with Crippen LogP contribution < -0.4 is 9.47 Å². The third-order valence-electron chi connectivity index (χ3n) is 4.05. The van der Waals surface area contributed by atoms with Crippen LogP contribution in [0.2, 0.25) is 5.02 Å². The van der Waals surface area contributed by atoms with E-state index >= 15 is 0 Å². The second kappa shape index (κ2) is 7.07. The maximum Gasteiger partial charge on any atom is 0.354 e. The summed E-state index contributed by atoms with van der Waals surface area (Å²) in [6, 6.07) is 11.1. The molecule has 6 heteroatoms. The number of aromatic nitrogens is 1. The van der Waals surface area contributed by atoms with Crippen LogP contribution in [-0.4, -0.2) is 32.3 Å². The number of rotatable bonds is 5. The van der Waals surface area contributed by atoms with Crippen molar-refractivity contribution in [3.05, 3.63) is 58.2 Å². The maximum absolute atomic E-state index is 12.2. The molecule has 0 aliphatic rings. The summed E-state index contributed by atoms with van der Waals surface area (Å²) in [5, 5.41) is 1.49. The molecule has 0 spiro atoms. The Hall–Kier alpha value is -2.66. The number of benzene rings is 2. The topological polar surface area (TPSA) is 60.6 Å². The van der Waals surface area contributed by atoms with Gasteiger partial charge in [-0.15, -0.1) is 0 Å². The molecule has 3 aromatic rings. The molecule has 0 radical (unpaired) electrons. The number of H-pyrrole nitrogens is 1. The summed E-state index contributed by atoms with van der Waals surface area (Å²) in [7, 11) is 4.56. The summed E-state index contributed by atoms with van der Waals surface area (Å²) in [5.74, 6) is 0.955. The molecule has 0 aliphatic heterocycles. The predicted molar refractivity (Wildman–Crippen MR) is 97.0 cm³/mol. The Kier molecular flexibility index (Phi) is 4.86. The molecule has 0 aliphatic carbocycles. The SMILES string of the molecule is COC(=O)c1[nH]c2ccc(Cl)cc2c1Cc1cc(OC)cc(OC)c1. The number of ether oxygens (including phenoxy) is 3. The quantitative estimate of drug-likeness (QED) is 0.693. The van der Waals surface area contributed by atoms with Crippen molar-refractivity contribution >= 4 is 28.5 Å². The number of nitrogens with one attached hydrogen (secondary N) is 1. The lowest BCUT2D eigenvalue weighted by atomic mass is 10.0. The van der Waals surface area contributed by atoms with Crippen molar-refractivity contribution in [1.82, 2.24) is 4.98 Å². The maximum atomic E-state index is 12.2. The highest BCUT2D eigenvalue weighted by atomic mass is 35.5. The minimum atomic E-state index is -0.419. The van der Waals surface area contributed by atoms with Gasteiger partial charge in [0.1, 0.15) is 17.2 Å². The molecule has 3 rings (SSSR count). The monoisotopic (exact) mass is 359 g/mol. The van der Waals surface area contributed by atoms with E-state index in [1.807, 2.05) is 24.3 Å². The minimum Gasteiger partial charge on any atom is -0.497 e. The summed E-state index contributed by atoms with van der Waals surface area (Å²) in [6.45, 7) is 0. The van der Waals surface area contributed by atoms with Gasteiger partial charge in [-0.05, 0) is 41.5 Å². The second-order valence-corrected chi connectivity index (χ2v) is 5.99. The van der Waals surface area contributed by atoms with Crippen molar-refractivity contribution < 1.29 is 19.0 Å². The van der Waals surface area contributed by atoms with Gasteiger partial charge in [-0.1, -0.05) is 11.6 Å². The zero-order valence-electron chi connectivity index (χ0n) is 14.2. The highest BCUT2D eigenvalue weighted by molar-refractivity contribution is 6.31. The summed E-state index contributed by atoms with van der Waals surface area (Å²) >= 11 is 6.14. The first-order valence-electron chi connectivity index (χ1n) is 7.66. The molecule has 1 N–H and O–H groups in total. The Morgan fingerprint density at radius 1 is 1.04 bits per heavy atom. The van der Waals surface area contributed by atoms with Crippen molar-refractivity contribution in [2.45, 2.75) is 6.42 Å². The van der Waals surface area contributed by atoms with Crippen LogP contribution in [0.5, 0.6) is 11.5 Å². The lowest BCUT2D eigenvalue weighted by Gasteiger charge is -2.09. The molecule has 1 aromatic heterocycles. The van der Waals surface area contributed by atoms with Crippen LogP contribution in [0.1, 0.15) is 21.6 Å². The van der Waals surface area contributed by atoms with Crippen LogP contribution in [0.25, 0.3) is 10.9 Å². The van der Waals surface area contributed by atoms with Gasteiger partial charge in [0.2, 0.25) is 0 Å². The molecule has 0 atom stereocenters. The number of methoxy groups -OCH3 is 3. The van der Waals surface area contributed by atoms with Crippen LogP contribution in [0.3, 0.4) is 0 Å². The highest BCUT2D eigenvalue weighted by Crippen LogP contribution is 2.30. The zero-order valence-corrected chi connectivity index (χ0v) is 14.9. The molecule has 5 nitrogen and oxygen atoms in total. The van der Waals surface area contributed by atoms with Crippen molar-refractivity contribution in [2.75, 3.05) is 21.3 Å². The molecule has 2 aromatic carbocycles. The fraction of sp³-hybridized carbons (Fsp3) is 0.211. The predicted octanol–water partition coefficient (Wildman–Crippen LogP) is 4.22. The minimum absolute atomic E-state index is 0.418. The summed E-state index contributed by atoms with van der Waals surface area (Å²) in [5.41, 5.74) is 3.01. The number of hydrogen-bond acceptors (Lipinski definition) is 4. The van der Waals surface area contributed by atoms with E-state index < -0.39 is 5.97 Å². The van der Waals surface area contributed by atoms with Gasteiger partial charge in [0.05, 0.1) is 21.3 Å². The van der Waals surface area contributed by atoms with Crippen LogP contribution in [0.4, 0.5) is 0 Å². The summed E-state index contributed by atoms with van der Waals surface area (Å²) in [4.78, 5) is 15.3. The second-order valence-electron chi connectivity index (χ2n) is 5.56. The molecule has 0 saturated heterocycles. The number of aromatic amines is 1. The largest absolute Gasteiger partial charge is 0.497 e. The van der Waals surface area contributed by atoms with Gasteiger partial charge >= 0.3 is 5.97 Å². The van der Waals surface area contributed by atoms with E-state index in [9.17, 15) is 4.79 Å². The molecule has 1 heterocycles. The highest BCUT2D eigenvalue weighted by Gasteiger charge is 2.19. The molecule has 25 heavy (non-hydrogen) atoms. The van der Waals surface area contributed by atoms with Crippen LogP contribution in [-0.2, 0) is 11.2 Å². The number of carbonyl (C=O) groups is 1. The van der Waals surface area contributed by atoms with Crippen molar-refractivity contribution in [2.24, 2.45) is 0 Å². The lowest BCUT2D eigenvalue weighted by Crippen LogP contribution is -2.05. The first-order valence-corrected chi connectivity index (χ1v) is 8.04. The average Bonchev–Trinajstić information content (AvgIpc) is 2.98. The number of hydrogen-bond donors (Lipinski definition) is 1. The molecule has 0 unspecified atom stereocenters. The zero-order chi connectivity index (χ0) is 18.0. The average molecular weight is 360 g/mol. The van der Waals surface area contributed by atoms with E-state index in [1.54, 1.807) is 26.4 Å². The van der Waals surface area contributed by atoms with Gasteiger partial charge in [0.15, 0.2) is 0 Å². The van der Waals surface area contributed by atoms with Gasteiger partial charge in [-0.2, -0.15) is 0 Å². The van der Waals surface area contributed by atoms with Gasteiger partial charge < -0.3 is 19.2 Å². The molecule has 130 valence electrons. The Balaban J connectivity index is 2.14. The molecule has 0 fully saturated rings. The Morgan fingerprint density at radius 3 is 2.32 bits per heavy atom. The lowest BCUT2D eigenvalue weighted by molar-refractivity contribution is 0.0594. The summed E-state index contributed by atoms with van der Waals surface area (Å²) < 4.78 is 15.6. The molecule has 0 bridgehead atoms. The van der Waals surface area contributed by atoms with Crippen molar-refractivity contribution in [3.8, 4) is 11.5 Å². The molecule has 0 saturated carbocycles. The van der Waals surface area contributed by atoms with Gasteiger partial charge in [0.25, 0.3) is 0 Å². The van der Waals surface area contributed by atoms with Crippen LogP contribution in [0, 0.1) is 0 Å². The van der Waals surface area contributed by atoms with E-state index in [2.05, 4.69) is 4.98 Å². The van der Waals surface area contributed by atoms with Crippen molar-refractivity contribution in [3.63, 3.8) is 0 Å². The molecular formula is C19H18ClNO4. The molecular weight excluding hydrogens is 342 g/mol. The van der Waals surface area contributed by atoms with Gasteiger partial charge in [-0.3, -0.25) is 0 Å². The third-order valence-corrected chi connectivity index (χ3v) is 4.28. The standard InChI is InChI=1S/C19H18ClNO4/c1-23-13-6-11(7-14(10-13)24-2)8-16-15-9-12(20)4-5-17(15)21-18(16)19(22)25-3/h4-7,9-10,21H,8H2,1-3H3. The normalized spacial score (nSPS) is 10.7. The number of halogens is 1. The van der Waals surface area contributed by atoms with E-state index in [0.717, 1.165) is 22.0 Å². The van der Waals surface area contributed by atoms with E-state index in [-0.39, 0.29) is 0 Å². The molecule has 0 amide bonds. The first-order chi connectivity index (χ1) is 12.0. The number of fused-ring (bicyclic) bond motifs is 1. The number of carbonyl (C=O) groups excluding carboxylic acids is 1. The van der Waals surface area contributed by atoms with E-state index in [4.69, 9.17) is 25.8 Å².